The van der Waals surface area contributed by atoms with Crippen LogP contribution in [-0.2, 0) is 6.54 Å². The van der Waals surface area contributed by atoms with Crippen LogP contribution in [0.15, 0.2) is 17.1 Å². The fraction of sp³-hybridized carbons (Fsp3) is 0.650. The molecule has 1 atom stereocenters. The molecule has 2 N–H and O–H groups in total. The number of methoxy groups -OCH3 is 3. The van der Waals surface area contributed by atoms with E-state index in [4.69, 9.17) is 14.2 Å². The number of hydrogen-bond acceptors (Lipinski definition) is 5. The Hall–Kier alpha value is -2.15. The van der Waals surface area contributed by atoms with Gasteiger partial charge in [0.05, 0.1) is 21.3 Å². The molecule has 7 heteroatoms. The monoisotopic (exact) mass is 380 g/mol. The summed E-state index contributed by atoms with van der Waals surface area (Å²) in [6.45, 7) is 5.91. The van der Waals surface area contributed by atoms with E-state index in [1.54, 1.807) is 28.4 Å². The molecular formula is C20H36N4O3. The topological polar surface area (TPSA) is 67.4 Å². The molecule has 0 radical (unpaired) electrons. The molecule has 0 heterocycles. The zero-order valence-electron chi connectivity index (χ0n) is 18.0. The van der Waals surface area contributed by atoms with Crippen LogP contribution in [0.5, 0.6) is 17.2 Å². The third kappa shape index (κ3) is 7.17. The Bertz CT molecular complexity index is 578. The first-order chi connectivity index (χ1) is 12.9. The van der Waals surface area contributed by atoms with Gasteiger partial charge in [-0.15, -0.1) is 0 Å². The maximum absolute atomic E-state index is 5.41. The largest absolute Gasteiger partial charge is 0.493 e. The van der Waals surface area contributed by atoms with Crippen LogP contribution in [0, 0.1) is 5.92 Å². The summed E-state index contributed by atoms with van der Waals surface area (Å²) in [5, 5.41) is 6.76. The highest BCUT2D eigenvalue weighted by Crippen LogP contribution is 2.38. The minimum absolute atomic E-state index is 0.449. The van der Waals surface area contributed by atoms with Gasteiger partial charge in [0.1, 0.15) is 0 Å². The van der Waals surface area contributed by atoms with Gasteiger partial charge in [0.2, 0.25) is 5.75 Å². The highest BCUT2D eigenvalue weighted by molar-refractivity contribution is 5.79. The molecule has 1 aromatic rings. The number of benzene rings is 1. The number of aliphatic imine (C=N–C) groups is 1. The van der Waals surface area contributed by atoms with Crippen LogP contribution in [0.25, 0.3) is 0 Å². The van der Waals surface area contributed by atoms with Crippen molar-refractivity contribution in [1.29, 1.82) is 0 Å². The Morgan fingerprint density at radius 1 is 1.04 bits per heavy atom. The van der Waals surface area contributed by atoms with Gasteiger partial charge in [-0.2, -0.15) is 0 Å². The summed E-state index contributed by atoms with van der Waals surface area (Å²) in [5.41, 5.74) is 1.01. The minimum atomic E-state index is 0.449. The van der Waals surface area contributed by atoms with Crippen molar-refractivity contribution in [2.75, 3.05) is 49.0 Å². The molecule has 0 bridgehead atoms. The lowest BCUT2D eigenvalue weighted by atomic mass is 10.0. The van der Waals surface area contributed by atoms with Crippen LogP contribution < -0.4 is 24.8 Å². The van der Waals surface area contributed by atoms with E-state index >= 15 is 0 Å². The molecule has 0 saturated heterocycles. The Labute approximate surface area is 164 Å². The predicted octanol–water partition coefficient (Wildman–Crippen LogP) is 2.35. The van der Waals surface area contributed by atoms with Crippen LogP contribution in [0.1, 0.15) is 25.8 Å². The van der Waals surface area contributed by atoms with Crippen LogP contribution in [-0.4, -0.2) is 65.9 Å². The van der Waals surface area contributed by atoms with E-state index in [1.807, 2.05) is 12.1 Å². The second-order valence-electron chi connectivity index (χ2n) is 7.09. The third-order valence-corrected chi connectivity index (χ3v) is 4.39. The molecule has 0 spiro atoms. The van der Waals surface area contributed by atoms with Gasteiger partial charge in [0.15, 0.2) is 17.5 Å². The summed E-state index contributed by atoms with van der Waals surface area (Å²) >= 11 is 0. The number of guanidine groups is 1. The number of likely N-dealkylation sites (N-methyl/N-ethyl adjacent to an activating group) is 1. The van der Waals surface area contributed by atoms with Gasteiger partial charge in [-0.25, -0.2) is 0 Å². The Balaban J connectivity index is 2.74. The van der Waals surface area contributed by atoms with E-state index in [1.165, 1.54) is 0 Å². The maximum atomic E-state index is 5.41. The minimum Gasteiger partial charge on any atom is -0.493 e. The summed E-state index contributed by atoms with van der Waals surface area (Å²) < 4.78 is 16.2. The quantitative estimate of drug-likeness (QED) is 0.480. The molecule has 0 aromatic heterocycles. The fourth-order valence-corrected chi connectivity index (χ4v) is 2.88. The molecule has 1 unspecified atom stereocenters. The molecular weight excluding hydrogens is 344 g/mol. The van der Waals surface area contributed by atoms with E-state index in [0.29, 0.717) is 35.8 Å². The molecule has 1 rings (SSSR count). The zero-order chi connectivity index (χ0) is 20.4. The van der Waals surface area contributed by atoms with E-state index in [2.05, 4.69) is 48.5 Å². The number of nitrogens with one attached hydrogen (secondary N) is 2. The molecule has 0 aliphatic rings. The van der Waals surface area contributed by atoms with Crippen molar-refractivity contribution < 1.29 is 14.2 Å². The molecule has 0 aliphatic heterocycles. The van der Waals surface area contributed by atoms with Crippen molar-refractivity contribution in [3.05, 3.63) is 17.7 Å². The predicted molar refractivity (Wildman–Crippen MR) is 111 cm³/mol. The van der Waals surface area contributed by atoms with Gasteiger partial charge in [0, 0.05) is 26.2 Å². The maximum Gasteiger partial charge on any atom is 0.203 e. The second-order valence-corrected chi connectivity index (χ2v) is 7.09. The number of hydrogen-bond donors (Lipinski definition) is 2. The van der Waals surface area contributed by atoms with Crippen molar-refractivity contribution in [3.63, 3.8) is 0 Å². The van der Waals surface area contributed by atoms with E-state index in [9.17, 15) is 0 Å². The van der Waals surface area contributed by atoms with E-state index in [-0.39, 0.29) is 0 Å². The average Bonchev–Trinajstić information content (AvgIpc) is 2.65. The van der Waals surface area contributed by atoms with Crippen LogP contribution >= 0.6 is 0 Å². The normalized spacial score (nSPS) is 12.9. The standard InChI is InChI=1S/C20H36N4O3/c1-14(2)9-16(24(4)5)13-23-20(21-3)22-12-15-10-17(25-6)19(27-8)18(11-15)26-7/h10-11,14,16H,9,12-13H2,1-8H3,(H2,21,22,23). The SMILES string of the molecule is CN=C(NCc1cc(OC)c(OC)c(OC)c1)NCC(CC(C)C)N(C)C. The number of ether oxygens (including phenoxy) is 3. The smallest absolute Gasteiger partial charge is 0.203 e. The van der Waals surface area contributed by atoms with Crippen molar-refractivity contribution >= 4 is 5.96 Å². The van der Waals surface area contributed by atoms with Crippen LogP contribution in [0.4, 0.5) is 0 Å². The summed E-state index contributed by atoms with van der Waals surface area (Å²) in [7, 11) is 10.8. The van der Waals surface area contributed by atoms with Gasteiger partial charge in [-0.1, -0.05) is 13.8 Å². The van der Waals surface area contributed by atoms with Crippen molar-refractivity contribution in [1.82, 2.24) is 15.5 Å². The summed E-state index contributed by atoms with van der Waals surface area (Å²) in [5.74, 6) is 3.28. The highest BCUT2D eigenvalue weighted by atomic mass is 16.5. The summed E-state index contributed by atoms with van der Waals surface area (Å²) in [4.78, 5) is 6.57. The molecule has 154 valence electrons. The lowest BCUT2D eigenvalue weighted by molar-refractivity contribution is 0.254. The van der Waals surface area contributed by atoms with Crippen molar-refractivity contribution in [3.8, 4) is 17.2 Å². The van der Waals surface area contributed by atoms with Gasteiger partial charge < -0.3 is 29.7 Å². The number of rotatable bonds is 10. The lowest BCUT2D eigenvalue weighted by Crippen LogP contribution is -2.45. The van der Waals surface area contributed by atoms with Crippen LogP contribution in [0.2, 0.25) is 0 Å². The molecule has 0 saturated carbocycles. The Kier molecular flexibility index (Phi) is 9.78. The first kappa shape index (κ1) is 22.9. The third-order valence-electron chi connectivity index (χ3n) is 4.39. The van der Waals surface area contributed by atoms with Crippen molar-refractivity contribution in [2.24, 2.45) is 10.9 Å². The highest BCUT2D eigenvalue weighted by Gasteiger charge is 2.15. The second kappa shape index (κ2) is 11.5. The van der Waals surface area contributed by atoms with Gasteiger partial charge in [0.25, 0.3) is 0 Å². The summed E-state index contributed by atoms with van der Waals surface area (Å²) in [6, 6.07) is 4.32. The van der Waals surface area contributed by atoms with Crippen LogP contribution in [0.3, 0.4) is 0 Å². The lowest BCUT2D eigenvalue weighted by Gasteiger charge is -2.27. The van der Waals surface area contributed by atoms with Crippen molar-refractivity contribution in [2.45, 2.75) is 32.9 Å². The molecule has 0 amide bonds. The Morgan fingerprint density at radius 2 is 1.63 bits per heavy atom. The van der Waals surface area contributed by atoms with Gasteiger partial charge >= 0.3 is 0 Å². The Morgan fingerprint density at radius 3 is 2.04 bits per heavy atom. The fourth-order valence-electron chi connectivity index (χ4n) is 2.88. The molecule has 0 aliphatic carbocycles. The molecule has 27 heavy (non-hydrogen) atoms. The first-order valence-corrected chi connectivity index (χ1v) is 9.26. The molecule has 1 aromatic carbocycles. The molecule has 0 fully saturated rings. The number of nitrogens with zero attached hydrogens (tertiary/aromatic N) is 2. The zero-order valence-corrected chi connectivity index (χ0v) is 18.0. The first-order valence-electron chi connectivity index (χ1n) is 9.26. The molecule has 7 nitrogen and oxygen atoms in total. The average molecular weight is 381 g/mol. The van der Waals surface area contributed by atoms with E-state index in [0.717, 1.165) is 24.5 Å². The van der Waals surface area contributed by atoms with E-state index < -0.39 is 0 Å². The van der Waals surface area contributed by atoms with Gasteiger partial charge in [-0.3, -0.25) is 4.99 Å². The summed E-state index contributed by atoms with van der Waals surface area (Å²) in [6.07, 6.45) is 1.13. The van der Waals surface area contributed by atoms with Gasteiger partial charge in [-0.05, 0) is 44.1 Å².